The van der Waals surface area contributed by atoms with Crippen LogP contribution in [0.1, 0.15) is 46.9 Å². The van der Waals surface area contributed by atoms with E-state index in [0.717, 1.165) is 5.56 Å². The van der Waals surface area contributed by atoms with Gasteiger partial charge in [-0.15, -0.1) is 0 Å². The van der Waals surface area contributed by atoms with Crippen molar-refractivity contribution in [2.24, 2.45) is 5.73 Å². The van der Waals surface area contributed by atoms with Crippen molar-refractivity contribution < 1.29 is 24.1 Å². The van der Waals surface area contributed by atoms with E-state index in [0.29, 0.717) is 52.0 Å². The van der Waals surface area contributed by atoms with Gasteiger partial charge in [0.15, 0.2) is 11.5 Å². The zero-order valence-electron chi connectivity index (χ0n) is 19.3. The number of aromatic carboxylic acids is 1. The lowest BCUT2D eigenvalue weighted by atomic mass is 9.84. The van der Waals surface area contributed by atoms with E-state index >= 15 is 0 Å². The van der Waals surface area contributed by atoms with Crippen molar-refractivity contribution >= 4 is 21.9 Å². The van der Waals surface area contributed by atoms with Crippen LogP contribution < -0.4 is 19.9 Å². The Morgan fingerprint density at radius 1 is 1.29 bits per heavy atom. The van der Waals surface area contributed by atoms with Crippen LogP contribution in [0.3, 0.4) is 0 Å². The third-order valence-corrected chi connectivity index (χ3v) is 6.11. The highest BCUT2D eigenvalue weighted by atomic mass is 79.9. The molecule has 3 aromatic rings. The summed E-state index contributed by atoms with van der Waals surface area (Å²) in [6.45, 7) is 6.44. The van der Waals surface area contributed by atoms with Crippen molar-refractivity contribution in [1.29, 1.82) is 5.26 Å². The Kier molecular flexibility index (Phi) is 6.71. The average Bonchev–Trinajstić information content (AvgIpc) is 3.16. The predicted molar refractivity (Wildman–Crippen MR) is 131 cm³/mol. The molecular formula is C25H23BrN4O5. The van der Waals surface area contributed by atoms with Gasteiger partial charge in [-0.25, -0.2) is 9.48 Å². The summed E-state index contributed by atoms with van der Waals surface area (Å²) in [5.74, 6) is -0.290. The number of nitrogens with zero attached hydrogens (tertiary/aromatic N) is 3. The molecule has 1 aliphatic heterocycles. The number of rotatable bonds is 7. The zero-order chi connectivity index (χ0) is 25.3. The monoisotopic (exact) mass is 538 g/mol. The molecular weight excluding hydrogens is 516 g/mol. The van der Waals surface area contributed by atoms with Gasteiger partial charge >= 0.3 is 5.97 Å². The van der Waals surface area contributed by atoms with Crippen LogP contribution in [0.5, 0.6) is 17.4 Å². The maximum absolute atomic E-state index is 11.5. The lowest BCUT2D eigenvalue weighted by molar-refractivity contribution is 0.0697. The smallest absolute Gasteiger partial charge is 0.335 e. The van der Waals surface area contributed by atoms with Gasteiger partial charge < -0.3 is 25.1 Å². The summed E-state index contributed by atoms with van der Waals surface area (Å²) in [6, 6.07) is 12.2. The number of carboxylic acid groups (broad SMARTS) is 1. The van der Waals surface area contributed by atoms with Gasteiger partial charge in [-0.1, -0.05) is 6.07 Å². The van der Waals surface area contributed by atoms with Gasteiger partial charge in [0.05, 0.1) is 46.1 Å². The first kappa shape index (κ1) is 24.2. The quantitative estimate of drug-likeness (QED) is 0.443. The topological polar surface area (TPSA) is 133 Å². The molecule has 180 valence electrons. The van der Waals surface area contributed by atoms with Gasteiger partial charge in [0, 0.05) is 0 Å². The van der Waals surface area contributed by atoms with Crippen LogP contribution in [0.4, 0.5) is 0 Å². The van der Waals surface area contributed by atoms with Gasteiger partial charge in [-0.3, -0.25) is 0 Å². The van der Waals surface area contributed by atoms with E-state index in [1.807, 2.05) is 26.0 Å². The third-order valence-electron chi connectivity index (χ3n) is 5.52. The van der Waals surface area contributed by atoms with Crippen molar-refractivity contribution in [3.8, 4) is 29.1 Å². The summed E-state index contributed by atoms with van der Waals surface area (Å²) in [4.78, 5) is 11.5. The second-order valence-electron chi connectivity index (χ2n) is 7.69. The first-order valence-corrected chi connectivity index (χ1v) is 11.7. The Hall–Kier alpha value is -3.97. The molecule has 1 atom stereocenters. The molecule has 9 nitrogen and oxygen atoms in total. The van der Waals surface area contributed by atoms with E-state index in [1.54, 1.807) is 19.1 Å². The molecule has 0 saturated carbocycles. The van der Waals surface area contributed by atoms with Crippen molar-refractivity contribution in [1.82, 2.24) is 9.78 Å². The number of aryl methyl sites for hydroxylation is 1. The Labute approximate surface area is 210 Å². The number of allylic oxidation sites excluding steroid dienone is 1. The fourth-order valence-electron chi connectivity index (χ4n) is 4.10. The molecule has 0 aliphatic carbocycles. The molecule has 35 heavy (non-hydrogen) atoms. The number of nitrogens with two attached hydrogens (primary N) is 1. The molecule has 2 heterocycles. The van der Waals surface area contributed by atoms with Gasteiger partial charge in [0.2, 0.25) is 11.8 Å². The van der Waals surface area contributed by atoms with Gasteiger partial charge in [0.1, 0.15) is 11.6 Å². The lowest BCUT2D eigenvalue weighted by Crippen LogP contribution is -2.22. The standard InChI is InChI=1S/C25H23BrN4O5/c1-4-33-19-11-15(10-18(26)22(19)34-5-2)21-17(12-27)23(28)35-24-20(21)13(3)29-30(24)16-8-6-7-14(9-16)25(31)32/h6-11,21H,4-5,28H2,1-3H3,(H,31,32). The number of carbonyl (C=O) groups is 1. The molecule has 0 bridgehead atoms. The molecule has 10 heteroatoms. The van der Waals surface area contributed by atoms with Crippen molar-refractivity contribution in [3.05, 3.63) is 74.7 Å². The first-order chi connectivity index (χ1) is 16.8. The summed E-state index contributed by atoms with van der Waals surface area (Å²) in [7, 11) is 0. The molecule has 0 fully saturated rings. The van der Waals surface area contributed by atoms with E-state index in [9.17, 15) is 15.2 Å². The van der Waals surface area contributed by atoms with Gasteiger partial charge in [-0.05, 0) is 72.6 Å². The molecule has 0 saturated heterocycles. The van der Waals surface area contributed by atoms with E-state index < -0.39 is 11.9 Å². The number of hydrogen-bond acceptors (Lipinski definition) is 7. The Morgan fingerprint density at radius 3 is 2.69 bits per heavy atom. The van der Waals surface area contributed by atoms with Crippen LogP contribution >= 0.6 is 15.9 Å². The molecule has 4 rings (SSSR count). The summed E-state index contributed by atoms with van der Waals surface area (Å²) in [5.41, 5.74) is 9.03. The maximum atomic E-state index is 11.5. The van der Waals surface area contributed by atoms with Crippen molar-refractivity contribution in [2.75, 3.05) is 13.2 Å². The second-order valence-corrected chi connectivity index (χ2v) is 8.55. The number of nitriles is 1. The summed E-state index contributed by atoms with van der Waals surface area (Å²) < 4.78 is 19.6. The molecule has 0 amide bonds. The van der Waals surface area contributed by atoms with Gasteiger partial charge in [-0.2, -0.15) is 10.4 Å². The van der Waals surface area contributed by atoms with Crippen LogP contribution in [0.15, 0.2) is 52.3 Å². The highest BCUT2D eigenvalue weighted by Gasteiger charge is 2.37. The Balaban J connectivity index is 1.94. The Bertz CT molecular complexity index is 1390. The minimum absolute atomic E-state index is 0.0523. The lowest BCUT2D eigenvalue weighted by Gasteiger charge is -2.26. The molecule has 1 aromatic heterocycles. The number of carboxylic acids is 1. The van der Waals surface area contributed by atoms with Crippen LogP contribution in [0.25, 0.3) is 5.69 Å². The summed E-state index contributed by atoms with van der Waals surface area (Å²) in [5, 5.41) is 24.0. The molecule has 2 aromatic carbocycles. The highest BCUT2D eigenvalue weighted by molar-refractivity contribution is 9.10. The average molecular weight is 539 g/mol. The first-order valence-electron chi connectivity index (χ1n) is 10.9. The number of ether oxygens (including phenoxy) is 3. The molecule has 1 aliphatic rings. The van der Waals surface area contributed by atoms with E-state index in [4.69, 9.17) is 19.9 Å². The van der Waals surface area contributed by atoms with Crippen molar-refractivity contribution in [2.45, 2.75) is 26.7 Å². The van der Waals surface area contributed by atoms with Gasteiger partial charge in [0.25, 0.3) is 0 Å². The molecule has 1 unspecified atom stereocenters. The molecule has 0 radical (unpaired) electrons. The second kappa shape index (κ2) is 9.72. The summed E-state index contributed by atoms with van der Waals surface area (Å²) in [6.07, 6.45) is 0. The molecule has 0 spiro atoms. The third kappa shape index (κ3) is 4.31. The van der Waals surface area contributed by atoms with E-state index in [-0.39, 0.29) is 17.0 Å². The highest BCUT2D eigenvalue weighted by Crippen LogP contribution is 2.48. The number of halogens is 1. The summed E-state index contributed by atoms with van der Waals surface area (Å²) >= 11 is 3.57. The fourth-order valence-corrected chi connectivity index (χ4v) is 4.67. The van der Waals surface area contributed by atoms with Crippen LogP contribution in [0, 0.1) is 18.3 Å². The van der Waals surface area contributed by atoms with Crippen LogP contribution in [-0.4, -0.2) is 34.1 Å². The number of fused-ring (bicyclic) bond motifs is 1. The minimum Gasteiger partial charge on any atom is -0.490 e. The number of benzene rings is 2. The largest absolute Gasteiger partial charge is 0.490 e. The number of hydrogen-bond donors (Lipinski definition) is 2. The van der Waals surface area contributed by atoms with Crippen LogP contribution in [-0.2, 0) is 0 Å². The zero-order valence-corrected chi connectivity index (χ0v) is 20.9. The van der Waals surface area contributed by atoms with E-state index in [2.05, 4.69) is 27.1 Å². The Morgan fingerprint density at radius 2 is 2.03 bits per heavy atom. The minimum atomic E-state index is -1.06. The maximum Gasteiger partial charge on any atom is 0.335 e. The number of aromatic nitrogens is 2. The van der Waals surface area contributed by atoms with E-state index in [1.165, 1.54) is 16.8 Å². The fraction of sp³-hybridized carbons (Fsp3) is 0.240. The van der Waals surface area contributed by atoms with Crippen LogP contribution in [0.2, 0.25) is 0 Å². The normalized spacial score (nSPS) is 14.7. The predicted octanol–water partition coefficient (Wildman–Crippen LogP) is 4.66. The molecule has 3 N–H and O–H groups in total. The SMILES string of the molecule is CCOc1cc(C2C(C#N)=C(N)Oc3c2c(C)nn3-c2cccc(C(=O)O)c2)cc(Br)c1OCC. The van der Waals surface area contributed by atoms with Crippen molar-refractivity contribution in [3.63, 3.8) is 0 Å².